The second-order valence-electron chi connectivity index (χ2n) is 7.99. The number of methoxy groups -OCH3 is 1. The third-order valence-corrected chi connectivity index (χ3v) is 6.08. The number of carbonyl (C=O) groups is 1. The van der Waals surface area contributed by atoms with Crippen LogP contribution in [0.25, 0.3) is 0 Å². The van der Waals surface area contributed by atoms with E-state index >= 15 is 0 Å². The smallest absolute Gasteiger partial charge is 0.228 e. The van der Waals surface area contributed by atoms with Gasteiger partial charge in [0, 0.05) is 44.8 Å². The number of amides is 1. The summed E-state index contributed by atoms with van der Waals surface area (Å²) in [4.78, 5) is 19.7. The van der Waals surface area contributed by atoms with Crippen molar-refractivity contribution in [3.05, 3.63) is 59.7 Å². The van der Waals surface area contributed by atoms with Gasteiger partial charge in [-0.15, -0.1) is 0 Å². The Morgan fingerprint density at radius 1 is 0.931 bits per heavy atom. The molecule has 0 aromatic heterocycles. The lowest BCUT2D eigenvalue weighted by atomic mass is 10.2. The third-order valence-electron chi connectivity index (χ3n) is 6.08. The van der Waals surface area contributed by atoms with Gasteiger partial charge < -0.3 is 14.5 Å². The molecule has 2 aliphatic rings. The van der Waals surface area contributed by atoms with Gasteiger partial charge in [0.15, 0.2) is 0 Å². The summed E-state index contributed by atoms with van der Waals surface area (Å²) >= 11 is 0. The van der Waals surface area contributed by atoms with Gasteiger partial charge in [0.1, 0.15) is 5.75 Å². The molecule has 1 amide bonds. The number of anilines is 1. The van der Waals surface area contributed by atoms with Crippen LogP contribution in [0.5, 0.6) is 5.75 Å². The number of rotatable bonds is 6. The maximum absolute atomic E-state index is 12.8. The lowest BCUT2D eigenvalue weighted by Gasteiger charge is -2.23. The van der Waals surface area contributed by atoms with E-state index in [1.165, 1.54) is 11.1 Å². The summed E-state index contributed by atoms with van der Waals surface area (Å²) in [7, 11) is 1.70. The molecule has 0 N–H and O–H groups in total. The Kier molecular flexibility index (Phi) is 6.47. The summed E-state index contributed by atoms with van der Waals surface area (Å²) in [6.45, 7) is 6.91. The van der Waals surface area contributed by atoms with Gasteiger partial charge in [-0.1, -0.05) is 30.3 Å². The molecule has 2 aliphatic heterocycles. The summed E-state index contributed by atoms with van der Waals surface area (Å²) in [6, 6.07) is 16.6. The summed E-state index contributed by atoms with van der Waals surface area (Å²) in [5.74, 6) is 1.16. The second kappa shape index (κ2) is 9.42. The van der Waals surface area contributed by atoms with E-state index in [-0.39, 0.29) is 5.91 Å². The number of nitrogens with zero attached hydrogens (tertiary/aromatic N) is 3. The maximum atomic E-state index is 12.8. The Bertz CT molecular complexity index is 821. The Labute approximate surface area is 173 Å². The summed E-state index contributed by atoms with van der Waals surface area (Å²) < 4.78 is 5.24. The molecule has 0 atom stereocenters. The van der Waals surface area contributed by atoms with Gasteiger partial charge >= 0.3 is 0 Å². The summed E-state index contributed by atoms with van der Waals surface area (Å²) in [5.41, 5.74) is 3.73. The average Bonchev–Trinajstić information content (AvgIpc) is 3.07. The molecule has 2 aromatic rings. The van der Waals surface area contributed by atoms with Crippen molar-refractivity contribution in [2.45, 2.75) is 25.8 Å². The van der Waals surface area contributed by atoms with Crippen LogP contribution in [-0.4, -0.2) is 62.1 Å². The van der Waals surface area contributed by atoms with Crippen LogP contribution < -0.4 is 9.64 Å². The maximum Gasteiger partial charge on any atom is 0.228 e. The van der Waals surface area contributed by atoms with E-state index in [9.17, 15) is 4.79 Å². The highest BCUT2D eigenvalue weighted by Crippen LogP contribution is 2.27. The molecular formula is C24H31N3O2. The molecule has 0 bridgehead atoms. The van der Waals surface area contributed by atoms with Crippen LogP contribution >= 0.6 is 0 Å². The molecular weight excluding hydrogens is 362 g/mol. The number of hydrogen-bond donors (Lipinski definition) is 0. The topological polar surface area (TPSA) is 36.0 Å². The number of carbonyl (C=O) groups excluding carboxylic acids is 1. The number of hydrogen-bond acceptors (Lipinski definition) is 4. The minimum absolute atomic E-state index is 0.259. The summed E-state index contributed by atoms with van der Waals surface area (Å²) in [5, 5.41) is 0. The van der Waals surface area contributed by atoms with Gasteiger partial charge in [-0.25, -0.2) is 0 Å². The number of para-hydroxylation sites is 1. The standard InChI is InChI=1S/C24H31N3O2/c1-29-22-9-7-20(8-10-22)19-26-14-4-13-25(17-18-26)15-12-24(28)27-16-11-21-5-2-3-6-23(21)27/h2-3,5-10H,4,11-19H2,1H3. The molecule has 4 rings (SSSR count). The Morgan fingerprint density at radius 3 is 2.52 bits per heavy atom. The lowest BCUT2D eigenvalue weighted by molar-refractivity contribution is -0.118. The van der Waals surface area contributed by atoms with Crippen LogP contribution in [-0.2, 0) is 17.8 Å². The minimum atomic E-state index is 0.259. The zero-order chi connectivity index (χ0) is 20.1. The molecule has 0 unspecified atom stereocenters. The monoisotopic (exact) mass is 393 g/mol. The van der Waals surface area contributed by atoms with Crippen molar-refractivity contribution in [1.82, 2.24) is 9.80 Å². The molecule has 5 heteroatoms. The molecule has 29 heavy (non-hydrogen) atoms. The molecule has 1 fully saturated rings. The van der Waals surface area contributed by atoms with Crippen LogP contribution in [0.3, 0.4) is 0 Å². The molecule has 2 heterocycles. The minimum Gasteiger partial charge on any atom is -0.497 e. The first-order valence-corrected chi connectivity index (χ1v) is 10.7. The van der Waals surface area contributed by atoms with Crippen molar-refractivity contribution in [2.75, 3.05) is 51.3 Å². The third kappa shape index (κ3) is 4.98. The van der Waals surface area contributed by atoms with E-state index in [1.54, 1.807) is 7.11 Å². The fourth-order valence-corrected chi connectivity index (χ4v) is 4.38. The van der Waals surface area contributed by atoms with Gasteiger partial charge in [0.05, 0.1) is 7.11 Å². The highest BCUT2D eigenvalue weighted by Gasteiger charge is 2.24. The van der Waals surface area contributed by atoms with Crippen molar-refractivity contribution in [2.24, 2.45) is 0 Å². The predicted molar refractivity (Wildman–Crippen MR) is 116 cm³/mol. The zero-order valence-electron chi connectivity index (χ0n) is 17.3. The zero-order valence-corrected chi connectivity index (χ0v) is 17.3. The van der Waals surface area contributed by atoms with Gasteiger partial charge in [-0.3, -0.25) is 9.69 Å². The first-order valence-electron chi connectivity index (χ1n) is 10.7. The Hall–Kier alpha value is -2.37. The van der Waals surface area contributed by atoms with E-state index in [0.29, 0.717) is 6.42 Å². The van der Waals surface area contributed by atoms with Crippen molar-refractivity contribution in [1.29, 1.82) is 0 Å². The normalized spacial score (nSPS) is 17.8. The van der Waals surface area contributed by atoms with Gasteiger partial charge in [-0.2, -0.15) is 0 Å². The van der Waals surface area contributed by atoms with Crippen LogP contribution in [0, 0.1) is 0 Å². The highest BCUT2D eigenvalue weighted by atomic mass is 16.5. The van der Waals surface area contributed by atoms with Crippen molar-refractivity contribution in [3.8, 4) is 5.75 Å². The SMILES string of the molecule is COc1ccc(CN2CCCN(CCC(=O)N3CCc4ccccc43)CC2)cc1. The molecule has 0 aliphatic carbocycles. The van der Waals surface area contributed by atoms with Crippen LogP contribution in [0.15, 0.2) is 48.5 Å². The van der Waals surface area contributed by atoms with Crippen molar-refractivity contribution in [3.63, 3.8) is 0 Å². The number of ether oxygens (including phenoxy) is 1. The van der Waals surface area contributed by atoms with Crippen molar-refractivity contribution < 1.29 is 9.53 Å². The molecule has 2 aromatic carbocycles. The van der Waals surface area contributed by atoms with Crippen LogP contribution in [0.1, 0.15) is 24.0 Å². The van der Waals surface area contributed by atoms with Gasteiger partial charge in [0.2, 0.25) is 5.91 Å². The van der Waals surface area contributed by atoms with Gasteiger partial charge in [0.25, 0.3) is 0 Å². The van der Waals surface area contributed by atoms with E-state index in [4.69, 9.17) is 4.74 Å². The van der Waals surface area contributed by atoms with E-state index in [1.807, 2.05) is 23.1 Å². The van der Waals surface area contributed by atoms with E-state index in [0.717, 1.165) is 70.1 Å². The van der Waals surface area contributed by atoms with E-state index < -0.39 is 0 Å². The molecule has 0 spiro atoms. The first kappa shape index (κ1) is 19.9. The average molecular weight is 394 g/mol. The molecule has 0 saturated carbocycles. The first-order chi connectivity index (χ1) is 14.2. The van der Waals surface area contributed by atoms with E-state index in [2.05, 4.69) is 40.1 Å². The molecule has 0 radical (unpaired) electrons. The molecule has 1 saturated heterocycles. The van der Waals surface area contributed by atoms with Crippen LogP contribution in [0.4, 0.5) is 5.69 Å². The predicted octanol–water partition coefficient (Wildman–Crippen LogP) is 3.18. The molecule has 154 valence electrons. The molecule has 5 nitrogen and oxygen atoms in total. The number of fused-ring (bicyclic) bond motifs is 1. The fourth-order valence-electron chi connectivity index (χ4n) is 4.38. The highest BCUT2D eigenvalue weighted by molar-refractivity contribution is 5.95. The Morgan fingerprint density at radius 2 is 1.69 bits per heavy atom. The van der Waals surface area contributed by atoms with Crippen LogP contribution in [0.2, 0.25) is 0 Å². The largest absolute Gasteiger partial charge is 0.497 e. The number of benzene rings is 2. The fraction of sp³-hybridized carbons (Fsp3) is 0.458. The quantitative estimate of drug-likeness (QED) is 0.755. The lowest BCUT2D eigenvalue weighted by Crippen LogP contribution is -2.35. The Balaban J connectivity index is 1.24. The van der Waals surface area contributed by atoms with Gasteiger partial charge in [-0.05, 0) is 55.3 Å². The summed E-state index contributed by atoms with van der Waals surface area (Å²) in [6.07, 6.45) is 2.73. The van der Waals surface area contributed by atoms with Crippen molar-refractivity contribution >= 4 is 11.6 Å². The second-order valence-corrected chi connectivity index (χ2v) is 7.99.